The molecule has 1 heterocycles. The van der Waals surface area contributed by atoms with Gasteiger partial charge >= 0.3 is 5.97 Å². The van der Waals surface area contributed by atoms with Crippen LogP contribution >= 0.6 is 0 Å². The van der Waals surface area contributed by atoms with Crippen LogP contribution in [0.2, 0.25) is 0 Å². The topological polar surface area (TPSA) is 44.8 Å². The van der Waals surface area contributed by atoms with Crippen LogP contribution < -0.4 is 4.74 Å². The molecule has 0 amide bonds. The summed E-state index contributed by atoms with van der Waals surface area (Å²) >= 11 is 0. The summed E-state index contributed by atoms with van der Waals surface area (Å²) in [7, 11) is 3.10. The molecular formula is C15H20O4. The second-order valence-electron chi connectivity index (χ2n) is 4.94. The van der Waals surface area contributed by atoms with E-state index in [1.807, 2.05) is 12.1 Å². The molecule has 0 aromatic heterocycles. The summed E-state index contributed by atoms with van der Waals surface area (Å²) in [6.45, 7) is 2.96. The molecule has 4 nitrogen and oxygen atoms in total. The first kappa shape index (κ1) is 13.9. The Morgan fingerprint density at radius 2 is 2.11 bits per heavy atom. The number of methoxy groups -OCH3 is 2. The van der Waals surface area contributed by atoms with Crippen LogP contribution in [-0.2, 0) is 27.1 Å². The number of benzene rings is 1. The van der Waals surface area contributed by atoms with Crippen molar-refractivity contribution in [3.63, 3.8) is 0 Å². The summed E-state index contributed by atoms with van der Waals surface area (Å²) in [5.74, 6) is 0.704. The van der Waals surface area contributed by atoms with E-state index in [0.29, 0.717) is 19.6 Å². The highest BCUT2D eigenvalue weighted by Gasteiger charge is 2.47. The van der Waals surface area contributed by atoms with Gasteiger partial charge in [-0.3, -0.25) is 4.79 Å². The Morgan fingerprint density at radius 1 is 1.37 bits per heavy atom. The third-order valence-corrected chi connectivity index (χ3v) is 3.64. The highest BCUT2D eigenvalue weighted by Crippen LogP contribution is 2.34. The van der Waals surface area contributed by atoms with Crippen LogP contribution in [0.1, 0.15) is 18.1 Å². The van der Waals surface area contributed by atoms with E-state index in [2.05, 4.69) is 13.0 Å². The van der Waals surface area contributed by atoms with Crippen molar-refractivity contribution in [1.82, 2.24) is 0 Å². The van der Waals surface area contributed by atoms with E-state index in [1.54, 1.807) is 7.11 Å². The normalized spacial score (nSPS) is 16.6. The lowest BCUT2D eigenvalue weighted by Crippen LogP contribution is -2.51. The van der Waals surface area contributed by atoms with Crippen molar-refractivity contribution in [2.24, 2.45) is 5.41 Å². The standard InChI is InChI=1S/C15H20O4/c1-4-12-7-11(5-6-13(12)17-2)8-15(9-19-10-15)14(16)18-3/h5-7H,4,8-10H2,1-3H3. The molecule has 19 heavy (non-hydrogen) atoms. The van der Waals surface area contributed by atoms with Crippen molar-refractivity contribution >= 4 is 5.97 Å². The molecule has 0 bridgehead atoms. The summed E-state index contributed by atoms with van der Waals surface area (Å²) in [6.07, 6.45) is 1.55. The SMILES string of the molecule is CCc1cc(CC2(C(=O)OC)COC2)ccc1OC. The number of hydrogen-bond acceptors (Lipinski definition) is 4. The Bertz CT molecular complexity index is 463. The first-order valence-electron chi connectivity index (χ1n) is 6.47. The molecule has 0 atom stereocenters. The van der Waals surface area contributed by atoms with Crippen molar-refractivity contribution in [3.8, 4) is 5.75 Å². The van der Waals surface area contributed by atoms with Crippen LogP contribution in [-0.4, -0.2) is 33.4 Å². The molecule has 2 rings (SSSR count). The molecule has 0 saturated carbocycles. The summed E-state index contributed by atoms with van der Waals surface area (Å²) in [5, 5.41) is 0. The van der Waals surface area contributed by atoms with Gasteiger partial charge in [-0.1, -0.05) is 19.1 Å². The minimum absolute atomic E-state index is 0.187. The molecule has 1 saturated heterocycles. The Kier molecular flexibility index (Phi) is 4.10. The monoisotopic (exact) mass is 264 g/mol. The highest BCUT2D eigenvalue weighted by molar-refractivity contribution is 5.78. The van der Waals surface area contributed by atoms with E-state index in [9.17, 15) is 4.79 Å². The largest absolute Gasteiger partial charge is 0.496 e. The zero-order chi connectivity index (χ0) is 13.9. The number of esters is 1. The molecule has 0 radical (unpaired) electrons. The summed E-state index contributed by atoms with van der Waals surface area (Å²) in [6, 6.07) is 6.06. The fourth-order valence-electron chi connectivity index (χ4n) is 2.47. The molecule has 1 aliphatic rings. The van der Waals surface area contributed by atoms with Crippen LogP contribution in [0, 0.1) is 5.41 Å². The smallest absolute Gasteiger partial charge is 0.316 e. The second-order valence-corrected chi connectivity index (χ2v) is 4.94. The number of ether oxygens (including phenoxy) is 3. The predicted octanol–water partition coefficient (Wildman–Crippen LogP) is 1.99. The number of aryl methyl sites for hydroxylation is 1. The molecular weight excluding hydrogens is 244 g/mol. The molecule has 1 aromatic carbocycles. The second kappa shape index (κ2) is 5.61. The molecule has 1 aliphatic heterocycles. The van der Waals surface area contributed by atoms with Gasteiger partial charge in [-0.2, -0.15) is 0 Å². The van der Waals surface area contributed by atoms with Gasteiger partial charge in [0, 0.05) is 0 Å². The molecule has 4 heteroatoms. The fraction of sp³-hybridized carbons (Fsp3) is 0.533. The van der Waals surface area contributed by atoms with Crippen molar-refractivity contribution in [2.45, 2.75) is 19.8 Å². The average Bonchev–Trinajstić information content (AvgIpc) is 2.41. The molecule has 1 fully saturated rings. The van der Waals surface area contributed by atoms with Gasteiger partial charge in [-0.25, -0.2) is 0 Å². The fourth-order valence-corrected chi connectivity index (χ4v) is 2.47. The van der Waals surface area contributed by atoms with Crippen molar-refractivity contribution in [3.05, 3.63) is 29.3 Å². The van der Waals surface area contributed by atoms with Crippen molar-refractivity contribution in [2.75, 3.05) is 27.4 Å². The third kappa shape index (κ3) is 2.59. The minimum atomic E-state index is -0.506. The van der Waals surface area contributed by atoms with E-state index >= 15 is 0 Å². The highest BCUT2D eigenvalue weighted by atomic mass is 16.5. The van der Waals surface area contributed by atoms with Gasteiger partial charge in [-0.05, 0) is 30.0 Å². The van der Waals surface area contributed by atoms with Gasteiger partial charge in [0.1, 0.15) is 11.2 Å². The minimum Gasteiger partial charge on any atom is -0.496 e. The maximum atomic E-state index is 11.9. The van der Waals surface area contributed by atoms with E-state index in [1.165, 1.54) is 7.11 Å². The van der Waals surface area contributed by atoms with Crippen LogP contribution in [0.3, 0.4) is 0 Å². The molecule has 104 valence electrons. The molecule has 0 spiro atoms. The van der Waals surface area contributed by atoms with Crippen LogP contribution in [0.15, 0.2) is 18.2 Å². The Labute approximate surface area is 113 Å². The Hall–Kier alpha value is -1.55. The van der Waals surface area contributed by atoms with E-state index < -0.39 is 5.41 Å². The van der Waals surface area contributed by atoms with E-state index in [-0.39, 0.29) is 5.97 Å². The lowest BCUT2D eigenvalue weighted by molar-refractivity contribution is -0.182. The maximum absolute atomic E-state index is 11.9. The predicted molar refractivity (Wildman–Crippen MR) is 71.3 cm³/mol. The number of hydrogen-bond donors (Lipinski definition) is 0. The lowest BCUT2D eigenvalue weighted by Gasteiger charge is -2.38. The van der Waals surface area contributed by atoms with Gasteiger partial charge in [-0.15, -0.1) is 0 Å². The Balaban J connectivity index is 2.21. The number of carbonyl (C=O) groups excluding carboxylic acids is 1. The van der Waals surface area contributed by atoms with E-state index in [0.717, 1.165) is 23.3 Å². The molecule has 0 unspecified atom stereocenters. The van der Waals surface area contributed by atoms with Gasteiger partial charge < -0.3 is 14.2 Å². The van der Waals surface area contributed by atoms with Gasteiger partial charge in [0.05, 0.1) is 27.4 Å². The van der Waals surface area contributed by atoms with Gasteiger partial charge in [0.25, 0.3) is 0 Å². The van der Waals surface area contributed by atoms with Gasteiger partial charge in [0.2, 0.25) is 0 Å². The number of rotatable bonds is 5. The first-order valence-corrected chi connectivity index (χ1v) is 6.47. The van der Waals surface area contributed by atoms with Crippen molar-refractivity contribution in [1.29, 1.82) is 0 Å². The summed E-state index contributed by atoms with van der Waals surface area (Å²) < 4.78 is 15.4. The van der Waals surface area contributed by atoms with Crippen LogP contribution in [0.4, 0.5) is 0 Å². The lowest BCUT2D eigenvalue weighted by atomic mass is 9.79. The quantitative estimate of drug-likeness (QED) is 0.763. The zero-order valence-corrected chi connectivity index (χ0v) is 11.7. The summed E-state index contributed by atoms with van der Waals surface area (Å²) in [4.78, 5) is 11.9. The number of carbonyl (C=O) groups is 1. The van der Waals surface area contributed by atoms with Gasteiger partial charge in [0.15, 0.2) is 0 Å². The molecule has 0 aliphatic carbocycles. The van der Waals surface area contributed by atoms with Crippen molar-refractivity contribution < 1.29 is 19.0 Å². The average molecular weight is 264 g/mol. The molecule has 1 aromatic rings. The van der Waals surface area contributed by atoms with Crippen LogP contribution in [0.5, 0.6) is 5.75 Å². The maximum Gasteiger partial charge on any atom is 0.316 e. The first-order chi connectivity index (χ1) is 9.15. The third-order valence-electron chi connectivity index (χ3n) is 3.64. The van der Waals surface area contributed by atoms with E-state index in [4.69, 9.17) is 14.2 Å². The zero-order valence-electron chi connectivity index (χ0n) is 11.7. The Morgan fingerprint density at radius 3 is 2.58 bits per heavy atom. The molecule has 0 N–H and O–H groups in total. The van der Waals surface area contributed by atoms with Crippen LogP contribution in [0.25, 0.3) is 0 Å². The summed E-state index contributed by atoms with van der Waals surface area (Å²) in [5.41, 5.74) is 1.76.